The molecule has 1 aromatic heterocycles. The van der Waals surface area contributed by atoms with Gasteiger partial charge in [0.25, 0.3) is 5.56 Å². The summed E-state index contributed by atoms with van der Waals surface area (Å²) in [5.41, 5.74) is 4.39. The van der Waals surface area contributed by atoms with Gasteiger partial charge in [0, 0.05) is 18.8 Å². The smallest absolute Gasteiger partial charge is 0.273 e. The molecule has 3 rings (SSSR count). The third-order valence-electron chi connectivity index (χ3n) is 5.17. The second-order valence-electron chi connectivity index (χ2n) is 7.21. The molecule has 0 radical (unpaired) electrons. The van der Waals surface area contributed by atoms with E-state index in [4.69, 9.17) is 0 Å². The minimum atomic E-state index is -0.234. The summed E-state index contributed by atoms with van der Waals surface area (Å²) in [6.45, 7) is 9.99. The predicted octanol–water partition coefficient (Wildman–Crippen LogP) is 3.39. The van der Waals surface area contributed by atoms with Crippen LogP contribution in [-0.2, 0) is 0 Å². The number of anilines is 1. The van der Waals surface area contributed by atoms with Crippen LogP contribution in [0, 0.1) is 36.5 Å². The molecular weight excluding hydrogens is 404 g/mol. The molecule has 6 heteroatoms. The van der Waals surface area contributed by atoms with E-state index in [1.54, 1.807) is 0 Å². The number of rotatable bonds is 5. The number of benzene rings is 2. The van der Waals surface area contributed by atoms with E-state index in [9.17, 15) is 15.3 Å². The van der Waals surface area contributed by atoms with Crippen molar-refractivity contribution < 1.29 is 0 Å². The third kappa shape index (κ3) is 4.45. The Morgan fingerprint density at radius 3 is 2.26 bits per heavy atom. The first-order valence-corrected chi connectivity index (χ1v) is 11.0. The highest BCUT2D eigenvalue weighted by Crippen LogP contribution is 2.16. The molecule has 5 nitrogen and oxygen atoms in total. The van der Waals surface area contributed by atoms with E-state index in [0.717, 1.165) is 35.5 Å². The summed E-state index contributed by atoms with van der Waals surface area (Å²) in [6.07, 6.45) is 1.81. The van der Waals surface area contributed by atoms with Gasteiger partial charge in [0.2, 0.25) is 0 Å². The molecule has 0 aliphatic heterocycles. The molecule has 3 aromatic rings. The van der Waals surface area contributed by atoms with E-state index in [1.807, 2.05) is 74.5 Å². The lowest BCUT2D eigenvalue weighted by molar-refractivity contribution is 0.866. The lowest BCUT2D eigenvalue weighted by Gasteiger charge is -2.20. The van der Waals surface area contributed by atoms with Crippen LogP contribution in [0.4, 0.5) is 5.69 Å². The second-order valence-corrected chi connectivity index (χ2v) is 8.24. The highest BCUT2D eigenvalue weighted by atomic mass is 32.1. The second kappa shape index (κ2) is 9.47. The van der Waals surface area contributed by atoms with Gasteiger partial charge in [0.1, 0.15) is 16.8 Å². The van der Waals surface area contributed by atoms with Gasteiger partial charge < -0.3 is 4.90 Å². The molecule has 0 aliphatic carbocycles. The van der Waals surface area contributed by atoms with Crippen LogP contribution in [0.15, 0.2) is 47.3 Å². The van der Waals surface area contributed by atoms with Gasteiger partial charge in [-0.2, -0.15) is 10.5 Å². The van der Waals surface area contributed by atoms with Crippen molar-refractivity contribution in [1.82, 2.24) is 4.57 Å². The number of nitrogens with zero attached hydrogens (tertiary/aromatic N) is 4. The molecule has 0 saturated heterocycles. The Bertz CT molecular complexity index is 1350. The van der Waals surface area contributed by atoms with Crippen molar-refractivity contribution >= 4 is 28.7 Å². The normalized spacial score (nSPS) is 11.1. The SMILES string of the molecule is CCN(CC)c1ccc(/C=c2/sc(=C(C#N)C#N)n(-c3ccc(C)cc3C)c2=O)cc1. The van der Waals surface area contributed by atoms with Crippen molar-refractivity contribution in [2.24, 2.45) is 0 Å². The van der Waals surface area contributed by atoms with Crippen LogP contribution >= 0.6 is 11.3 Å². The Labute approximate surface area is 186 Å². The first-order chi connectivity index (χ1) is 14.9. The summed E-state index contributed by atoms with van der Waals surface area (Å²) in [5, 5.41) is 18.9. The highest BCUT2D eigenvalue weighted by molar-refractivity contribution is 7.07. The van der Waals surface area contributed by atoms with Gasteiger partial charge in [-0.3, -0.25) is 9.36 Å². The molecule has 0 bridgehead atoms. The Morgan fingerprint density at radius 1 is 1.06 bits per heavy atom. The zero-order valence-corrected chi connectivity index (χ0v) is 19.0. The molecule has 1 heterocycles. The molecule has 0 aliphatic rings. The minimum Gasteiger partial charge on any atom is -0.372 e. The first kappa shape index (κ1) is 22.1. The Kier molecular flexibility index (Phi) is 6.74. The summed E-state index contributed by atoms with van der Waals surface area (Å²) in [5.74, 6) is 0. The fourth-order valence-electron chi connectivity index (χ4n) is 3.57. The van der Waals surface area contributed by atoms with Crippen LogP contribution < -0.4 is 19.7 Å². The van der Waals surface area contributed by atoms with Gasteiger partial charge >= 0.3 is 0 Å². The molecular formula is C25H24N4OS. The van der Waals surface area contributed by atoms with Gasteiger partial charge in [-0.05, 0) is 63.1 Å². The number of aryl methyl sites for hydroxylation is 2. The first-order valence-electron chi connectivity index (χ1n) is 10.1. The average molecular weight is 429 g/mol. The summed E-state index contributed by atoms with van der Waals surface area (Å²) < 4.78 is 2.32. The van der Waals surface area contributed by atoms with Crippen molar-refractivity contribution in [3.63, 3.8) is 0 Å². The molecule has 0 unspecified atom stereocenters. The van der Waals surface area contributed by atoms with Crippen LogP contribution in [0.3, 0.4) is 0 Å². The zero-order valence-electron chi connectivity index (χ0n) is 18.1. The zero-order chi connectivity index (χ0) is 22.5. The molecule has 0 fully saturated rings. The summed E-state index contributed by atoms with van der Waals surface area (Å²) >= 11 is 1.17. The van der Waals surface area contributed by atoms with Crippen LogP contribution in [0.25, 0.3) is 17.3 Å². The van der Waals surface area contributed by atoms with Crippen LogP contribution in [0.5, 0.6) is 0 Å². The topological polar surface area (TPSA) is 72.8 Å². The quantitative estimate of drug-likeness (QED) is 0.624. The third-order valence-corrected chi connectivity index (χ3v) is 6.27. The largest absolute Gasteiger partial charge is 0.372 e. The monoisotopic (exact) mass is 428 g/mol. The van der Waals surface area contributed by atoms with Gasteiger partial charge in [-0.25, -0.2) is 0 Å². The number of aromatic nitrogens is 1. The molecule has 0 N–H and O–H groups in total. The van der Waals surface area contributed by atoms with E-state index in [0.29, 0.717) is 14.9 Å². The number of hydrogen-bond acceptors (Lipinski definition) is 5. The van der Waals surface area contributed by atoms with E-state index in [-0.39, 0.29) is 11.1 Å². The molecule has 31 heavy (non-hydrogen) atoms. The fourth-order valence-corrected chi connectivity index (χ4v) is 4.61. The molecule has 0 spiro atoms. The van der Waals surface area contributed by atoms with Gasteiger partial charge in [-0.1, -0.05) is 29.8 Å². The minimum absolute atomic E-state index is 0.0707. The van der Waals surface area contributed by atoms with E-state index >= 15 is 0 Å². The van der Waals surface area contributed by atoms with Crippen molar-refractivity contribution in [2.45, 2.75) is 27.7 Å². The molecule has 2 aromatic carbocycles. The molecule has 0 saturated carbocycles. The Balaban J connectivity index is 2.25. The molecule has 0 atom stereocenters. The van der Waals surface area contributed by atoms with Crippen LogP contribution in [-0.4, -0.2) is 17.7 Å². The maximum absolute atomic E-state index is 13.3. The maximum Gasteiger partial charge on any atom is 0.273 e. The van der Waals surface area contributed by atoms with Gasteiger partial charge in [0.15, 0.2) is 5.57 Å². The number of thiazole rings is 1. The van der Waals surface area contributed by atoms with Crippen LogP contribution in [0.2, 0.25) is 0 Å². The standard InChI is InChI=1S/C25H24N4OS/c1-5-28(6-2)21-10-8-19(9-11-21)14-23-24(30)29(25(31-23)20(15-26)16-27)22-12-7-17(3)13-18(22)4/h7-14H,5-6H2,1-4H3/b23-14+. The Hall–Kier alpha value is -3.61. The maximum atomic E-state index is 13.3. The summed E-state index contributed by atoms with van der Waals surface area (Å²) in [6, 6.07) is 17.7. The van der Waals surface area contributed by atoms with Crippen molar-refractivity contribution in [1.29, 1.82) is 10.5 Å². The lowest BCUT2D eigenvalue weighted by atomic mass is 10.1. The summed E-state index contributed by atoms with van der Waals surface area (Å²) in [7, 11) is 0. The van der Waals surface area contributed by atoms with Crippen molar-refractivity contribution in [3.05, 3.63) is 78.7 Å². The van der Waals surface area contributed by atoms with E-state index in [1.165, 1.54) is 15.9 Å². The number of nitriles is 2. The van der Waals surface area contributed by atoms with E-state index in [2.05, 4.69) is 18.7 Å². The lowest BCUT2D eigenvalue weighted by Crippen LogP contribution is -2.31. The predicted molar refractivity (Wildman–Crippen MR) is 127 cm³/mol. The Morgan fingerprint density at radius 2 is 1.71 bits per heavy atom. The average Bonchev–Trinajstić information content (AvgIpc) is 3.07. The number of hydrogen-bond donors (Lipinski definition) is 0. The van der Waals surface area contributed by atoms with Crippen LogP contribution in [0.1, 0.15) is 30.5 Å². The van der Waals surface area contributed by atoms with Gasteiger partial charge in [-0.15, -0.1) is 11.3 Å². The van der Waals surface area contributed by atoms with E-state index < -0.39 is 0 Å². The summed E-state index contributed by atoms with van der Waals surface area (Å²) in [4.78, 5) is 15.6. The van der Waals surface area contributed by atoms with Gasteiger partial charge in [0.05, 0.1) is 10.2 Å². The highest BCUT2D eigenvalue weighted by Gasteiger charge is 2.13. The van der Waals surface area contributed by atoms with Crippen molar-refractivity contribution in [3.8, 4) is 17.8 Å². The fraction of sp³-hybridized carbons (Fsp3) is 0.240. The molecule has 156 valence electrons. The van der Waals surface area contributed by atoms with Crippen molar-refractivity contribution in [2.75, 3.05) is 18.0 Å². The molecule has 0 amide bonds.